The van der Waals surface area contributed by atoms with Crippen molar-refractivity contribution in [3.05, 3.63) is 34.1 Å². The van der Waals surface area contributed by atoms with Gasteiger partial charge in [0, 0.05) is 10.9 Å². The molecule has 1 atom stereocenters. The van der Waals surface area contributed by atoms with E-state index in [-0.39, 0.29) is 5.82 Å². The van der Waals surface area contributed by atoms with E-state index in [1.165, 1.54) is 6.07 Å². The normalized spacial score (nSPS) is 25.6. The number of benzene rings is 1. The van der Waals surface area contributed by atoms with Crippen LogP contribution in [0.4, 0.5) is 4.39 Å². The Morgan fingerprint density at radius 3 is 2.94 bits per heavy atom. The smallest absolute Gasteiger partial charge is 0.127 e. The first kappa shape index (κ1) is 13.0. The van der Waals surface area contributed by atoms with Crippen molar-refractivity contribution in [2.24, 2.45) is 0 Å². The summed E-state index contributed by atoms with van der Waals surface area (Å²) in [7, 11) is 0. The molecule has 1 aromatic rings. The Morgan fingerprint density at radius 1 is 1.35 bits per heavy atom. The Kier molecular flexibility index (Phi) is 4.17. The Labute approximate surface area is 109 Å². The first-order valence-corrected chi connectivity index (χ1v) is 6.75. The second-order valence-electron chi connectivity index (χ2n) is 4.74. The molecule has 1 aromatic carbocycles. The van der Waals surface area contributed by atoms with Crippen LogP contribution < -0.4 is 5.32 Å². The summed E-state index contributed by atoms with van der Waals surface area (Å²) in [6.45, 7) is 1.74. The van der Waals surface area contributed by atoms with Crippen LogP contribution in [0.3, 0.4) is 0 Å². The summed E-state index contributed by atoms with van der Waals surface area (Å²) in [5.41, 5.74) is -0.171. The topological polar surface area (TPSA) is 32.3 Å². The molecule has 1 aliphatic heterocycles. The van der Waals surface area contributed by atoms with Crippen LogP contribution in [0, 0.1) is 5.82 Å². The zero-order chi connectivity index (χ0) is 12.3. The van der Waals surface area contributed by atoms with Gasteiger partial charge in [0.1, 0.15) is 5.82 Å². The number of nitrogens with one attached hydrogen (secondary N) is 1. The van der Waals surface area contributed by atoms with Crippen molar-refractivity contribution in [3.63, 3.8) is 0 Å². The van der Waals surface area contributed by atoms with Gasteiger partial charge in [0.25, 0.3) is 0 Å². The van der Waals surface area contributed by atoms with Crippen LogP contribution in [0.25, 0.3) is 0 Å². The second kappa shape index (κ2) is 5.46. The molecule has 4 heteroatoms. The van der Waals surface area contributed by atoms with Crippen LogP contribution in [0.2, 0.25) is 0 Å². The van der Waals surface area contributed by atoms with Gasteiger partial charge in [0.2, 0.25) is 0 Å². The number of hydrogen-bond donors (Lipinski definition) is 2. The van der Waals surface area contributed by atoms with Crippen molar-refractivity contribution in [3.8, 4) is 0 Å². The zero-order valence-corrected chi connectivity index (χ0v) is 11.3. The fourth-order valence-corrected chi connectivity index (χ4v) is 2.64. The van der Waals surface area contributed by atoms with Crippen molar-refractivity contribution in [1.82, 2.24) is 5.32 Å². The molecule has 0 saturated carbocycles. The molecule has 0 radical (unpaired) electrons. The molecule has 0 bridgehead atoms. The molecule has 1 fully saturated rings. The standard InChI is InChI=1S/C13H17BrFNO/c14-11-3-2-10(12(15)8-11)9-13(17)4-1-6-16-7-5-13/h2-3,8,16-17H,1,4-7,9H2. The molecule has 2 rings (SSSR count). The third kappa shape index (κ3) is 3.50. The highest BCUT2D eigenvalue weighted by Crippen LogP contribution is 2.26. The van der Waals surface area contributed by atoms with Crippen LogP contribution >= 0.6 is 15.9 Å². The van der Waals surface area contributed by atoms with Crippen LogP contribution in [0.15, 0.2) is 22.7 Å². The molecule has 0 spiro atoms. The first-order valence-electron chi connectivity index (χ1n) is 5.96. The largest absolute Gasteiger partial charge is 0.389 e. The van der Waals surface area contributed by atoms with Gasteiger partial charge in [-0.15, -0.1) is 0 Å². The fourth-order valence-electron chi connectivity index (χ4n) is 2.31. The summed E-state index contributed by atoms with van der Waals surface area (Å²) < 4.78 is 14.5. The summed E-state index contributed by atoms with van der Waals surface area (Å²) in [6, 6.07) is 5.01. The lowest BCUT2D eigenvalue weighted by molar-refractivity contribution is 0.0277. The maximum atomic E-state index is 13.7. The van der Waals surface area contributed by atoms with Gasteiger partial charge in [0.15, 0.2) is 0 Å². The summed E-state index contributed by atoms with van der Waals surface area (Å²) in [5.74, 6) is -0.245. The molecular weight excluding hydrogens is 285 g/mol. The Bertz CT molecular complexity index is 389. The highest BCUT2D eigenvalue weighted by atomic mass is 79.9. The van der Waals surface area contributed by atoms with E-state index in [1.807, 2.05) is 6.07 Å². The van der Waals surface area contributed by atoms with Gasteiger partial charge in [-0.25, -0.2) is 4.39 Å². The Morgan fingerprint density at radius 2 is 2.18 bits per heavy atom. The van der Waals surface area contributed by atoms with E-state index >= 15 is 0 Å². The van der Waals surface area contributed by atoms with Crippen LogP contribution in [-0.4, -0.2) is 23.8 Å². The third-order valence-corrected chi connectivity index (χ3v) is 3.79. The minimum Gasteiger partial charge on any atom is -0.389 e. The summed E-state index contributed by atoms with van der Waals surface area (Å²) in [4.78, 5) is 0. The van der Waals surface area contributed by atoms with E-state index in [2.05, 4.69) is 21.2 Å². The highest BCUT2D eigenvalue weighted by molar-refractivity contribution is 9.10. The van der Waals surface area contributed by atoms with Gasteiger partial charge in [-0.05, 0) is 50.0 Å². The van der Waals surface area contributed by atoms with Crippen molar-refractivity contribution in [2.75, 3.05) is 13.1 Å². The number of halogens is 2. The highest BCUT2D eigenvalue weighted by Gasteiger charge is 2.29. The monoisotopic (exact) mass is 301 g/mol. The van der Waals surface area contributed by atoms with Crippen molar-refractivity contribution < 1.29 is 9.50 Å². The van der Waals surface area contributed by atoms with Gasteiger partial charge in [-0.2, -0.15) is 0 Å². The molecule has 17 heavy (non-hydrogen) atoms. The van der Waals surface area contributed by atoms with Crippen molar-refractivity contribution in [1.29, 1.82) is 0 Å². The van der Waals surface area contributed by atoms with Gasteiger partial charge in [-0.1, -0.05) is 22.0 Å². The SMILES string of the molecule is OC1(Cc2ccc(Br)cc2F)CCCNCC1. The maximum Gasteiger partial charge on any atom is 0.127 e. The molecule has 1 unspecified atom stereocenters. The van der Waals surface area contributed by atoms with Crippen LogP contribution in [0.5, 0.6) is 0 Å². The van der Waals surface area contributed by atoms with Gasteiger partial charge in [0.05, 0.1) is 5.60 Å². The van der Waals surface area contributed by atoms with Gasteiger partial charge < -0.3 is 10.4 Å². The second-order valence-corrected chi connectivity index (χ2v) is 5.66. The Hall–Kier alpha value is -0.450. The van der Waals surface area contributed by atoms with Gasteiger partial charge in [-0.3, -0.25) is 0 Å². The predicted octanol–water partition coefficient (Wildman–Crippen LogP) is 2.64. The van der Waals surface area contributed by atoms with Crippen molar-refractivity contribution in [2.45, 2.75) is 31.3 Å². The third-order valence-electron chi connectivity index (χ3n) is 3.30. The van der Waals surface area contributed by atoms with E-state index < -0.39 is 5.60 Å². The minimum atomic E-state index is -0.766. The van der Waals surface area contributed by atoms with Gasteiger partial charge >= 0.3 is 0 Å². The van der Waals surface area contributed by atoms with Crippen LogP contribution in [0.1, 0.15) is 24.8 Å². The molecule has 2 nitrogen and oxygen atoms in total. The average Bonchev–Trinajstić information content (AvgIpc) is 2.48. The molecule has 1 saturated heterocycles. The minimum absolute atomic E-state index is 0.245. The first-order chi connectivity index (χ1) is 8.09. The molecule has 1 aliphatic rings. The predicted molar refractivity (Wildman–Crippen MR) is 69.5 cm³/mol. The number of hydrogen-bond acceptors (Lipinski definition) is 2. The van der Waals surface area contributed by atoms with E-state index in [4.69, 9.17) is 0 Å². The lowest BCUT2D eigenvalue weighted by atomic mass is 9.87. The summed E-state index contributed by atoms with van der Waals surface area (Å²) in [5, 5.41) is 13.7. The summed E-state index contributed by atoms with van der Waals surface area (Å²) >= 11 is 3.23. The van der Waals surface area contributed by atoms with Crippen LogP contribution in [-0.2, 0) is 6.42 Å². The molecule has 94 valence electrons. The zero-order valence-electron chi connectivity index (χ0n) is 9.68. The van der Waals surface area contributed by atoms with E-state index in [9.17, 15) is 9.50 Å². The quantitative estimate of drug-likeness (QED) is 0.880. The van der Waals surface area contributed by atoms with E-state index in [0.717, 1.165) is 30.4 Å². The molecular formula is C13H17BrFNO. The molecule has 2 N–H and O–H groups in total. The molecule has 0 aromatic heterocycles. The number of aliphatic hydroxyl groups is 1. The summed E-state index contributed by atoms with van der Waals surface area (Å²) in [6.07, 6.45) is 2.75. The number of rotatable bonds is 2. The molecule has 0 amide bonds. The maximum absolute atomic E-state index is 13.7. The Balaban J connectivity index is 2.12. The lowest BCUT2D eigenvalue weighted by Gasteiger charge is -2.26. The average molecular weight is 302 g/mol. The fraction of sp³-hybridized carbons (Fsp3) is 0.538. The molecule has 0 aliphatic carbocycles. The molecule has 1 heterocycles. The van der Waals surface area contributed by atoms with E-state index in [0.29, 0.717) is 18.4 Å². The van der Waals surface area contributed by atoms with E-state index in [1.54, 1.807) is 6.07 Å². The lowest BCUT2D eigenvalue weighted by Crippen LogP contribution is -2.32. The van der Waals surface area contributed by atoms with Crippen molar-refractivity contribution >= 4 is 15.9 Å².